The molecule has 66 heavy (non-hydrogen) atoms. The first-order valence-corrected chi connectivity index (χ1v) is 21.9. The lowest BCUT2D eigenvalue weighted by atomic mass is 9.44. The van der Waals surface area contributed by atoms with E-state index < -0.39 is 118 Å². The lowest BCUT2D eigenvalue weighted by molar-refractivity contribution is -0.345. The first-order valence-electron chi connectivity index (χ1n) is 21.9. The molecule has 3 aliphatic carbocycles. The van der Waals surface area contributed by atoms with Crippen LogP contribution in [0.25, 0.3) is 0 Å². The van der Waals surface area contributed by atoms with Gasteiger partial charge < -0.3 is 49.1 Å². The van der Waals surface area contributed by atoms with Gasteiger partial charge in [0.25, 0.3) is 0 Å². The number of ether oxygens (including phenoxy) is 6. The van der Waals surface area contributed by atoms with Crippen molar-refractivity contribution >= 4 is 35.8 Å². The average Bonchev–Trinajstić information content (AvgIpc) is 3.26. The van der Waals surface area contributed by atoms with E-state index >= 15 is 4.79 Å². The maximum Gasteiger partial charge on any atom is 0.408 e. The van der Waals surface area contributed by atoms with Gasteiger partial charge in [0, 0.05) is 25.2 Å². The highest BCUT2D eigenvalue weighted by molar-refractivity contribution is 5.98. The zero-order chi connectivity index (χ0) is 48.1. The monoisotopic (exact) mass is 911 g/mol. The summed E-state index contributed by atoms with van der Waals surface area (Å²) in [6, 6.07) is 22.4. The third-order valence-electron chi connectivity index (χ3n) is 13.8. The molecule has 2 saturated carbocycles. The second-order valence-electron chi connectivity index (χ2n) is 19.3. The first kappa shape index (κ1) is 48.0. The van der Waals surface area contributed by atoms with Crippen molar-refractivity contribution in [2.45, 2.75) is 128 Å². The van der Waals surface area contributed by atoms with Gasteiger partial charge in [0.15, 0.2) is 23.6 Å². The smallest absolute Gasteiger partial charge is 0.408 e. The van der Waals surface area contributed by atoms with Crippen LogP contribution in [0, 0.1) is 16.7 Å². The molecule has 1 heterocycles. The highest BCUT2D eigenvalue weighted by Gasteiger charge is 2.78. The third kappa shape index (κ3) is 8.39. The van der Waals surface area contributed by atoms with Crippen molar-refractivity contribution < 1.29 is 72.5 Å². The second-order valence-corrected chi connectivity index (χ2v) is 19.3. The summed E-state index contributed by atoms with van der Waals surface area (Å²) < 4.78 is 36.3. The van der Waals surface area contributed by atoms with Crippen LogP contribution in [0.15, 0.2) is 102 Å². The van der Waals surface area contributed by atoms with Crippen molar-refractivity contribution in [3.63, 3.8) is 0 Å². The number of aliphatic hydroxyl groups is 3. The van der Waals surface area contributed by atoms with Crippen LogP contribution in [-0.2, 0) is 42.8 Å². The minimum Gasteiger partial charge on any atom is -0.456 e. The minimum atomic E-state index is -2.44. The molecule has 3 fully saturated rings. The van der Waals surface area contributed by atoms with Crippen LogP contribution in [0.4, 0.5) is 4.79 Å². The Labute approximate surface area is 382 Å². The molecule has 0 aromatic heterocycles. The van der Waals surface area contributed by atoms with Crippen molar-refractivity contribution in [1.29, 1.82) is 0 Å². The lowest BCUT2D eigenvalue weighted by Crippen LogP contribution is -2.82. The van der Waals surface area contributed by atoms with Gasteiger partial charge >= 0.3 is 30.0 Å². The molecule has 352 valence electrons. The Hall–Kier alpha value is -5.94. The molecule has 11 atom stereocenters. The normalized spacial score (nSPS) is 30.9. The first-order chi connectivity index (χ1) is 31.0. The summed E-state index contributed by atoms with van der Waals surface area (Å²) in [4.78, 5) is 85.1. The largest absolute Gasteiger partial charge is 0.456 e. The van der Waals surface area contributed by atoms with E-state index in [0.717, 1.165) is 6.92 Å². The van der Waals surface area contributed by atoms with Crippen LogP contribution in [0.1, 0.15) is 101 Å². The standard InChI is InChI=1S/C50H57NO15/c1-27-32(62-44(58)37(54)36(29-18-12-9-13-19-29)51-45(59)66-46(3,4)5)25-50(60)41(64-43(57)31-22-16-11-17-23-31)39-48(8,33(53)24-34-49(39,26-61-34)65-28(2)52)40(55)38(35(27)47(50,6)7)63-42(56)30-20-14-10-15-21-30/h9-23,32-34,36-39,41,53-54,60H,24-26H2,1-8H3,(H,51,59)/t32-,33-,34+,36-,37+,38+,39?,41-,48+,49-,50+/m0/s1. The fourth-order valence-corrected chi connectivity index (χ4v) is 10.4. The minimum absolute atomic E-state index is 0.0366. The summed E-state index contributed by atoms with van der Waals surface area (Å²) in [7, 11) is 0. The van der Waals surface area contributed by atoms with E-state index in [9.17, 15) is 39.3 Å². The van der Waals surface area contributed by atoms with E-state index in [2.05, 4.69) is 5.32 Å². The van der Waals surface area contributed by atoms with Crippen LogP contribution in [0.2, 0.25) is 0 Å². The van der Waals surface area contributed by atoms with E-state index in [0.29, 0.717) is 5.56 Å². The van der Waals surface area contributed by atoms with Gasteiger partial charge in [0.05, 0.1) is 41.2 Å². The SMILES string of the molecule is CC(=O)O[C@@]12CO[C@@H]1C[C@H](O)[C@@]1(C)C(=O)[C@H](OC(=O)c3ccccc3)C3=C(C)[C@@H](OC(=O)[C@H](O)[C@@H](NC(=O)OC(C)(C)C)c4ccccc4)C[C@@](O)([C@@H](OC(=O)c4ccccc4)C12)C3(C)C. The highest BCUT2D eigenvalue weighted by atomic mass is 16.6. The Balaban J connectivity index is 1.42. The maximum atomic E-state index is 15.9. The third-order valence-corrected chi connectivity index (χ3v) is 13.8. The number of amides is 1. The molecular formula is C50H57NO15. The van der Waals surface area contributed by atoms with Crippen LogP contribution in [-0.4, -0.2) is 111 Å². The second kappa shape index (κ2) is 17.7. The number of rotatable bonds is 10. The number of hydrogen-bond donors (Lipinski definition) is 4. The molecule has 1 unspecified atom stereocenters. The van der Waals surface area contributed by atoms with Gasteiger partial charge in [-0.05, 0) is 75.6 Å². The average molecular weight is 912 g/mol. The number of alkyl carbamates (subject to hydrolysis) is 1. The van der Waals surface area contributed by atoms with Gasteiger partial charge in [-0.2, -0.15) is 0 Å². The van der Waals surface area contributed by atoms with Crippen molar-refractivity contribution in [3.05, 3.63) is 119 Å². The molecule has 2 bridgehead atoms. The van der Waals surface area contributed by atoms with E-state index in [1.165, 1.54) is 38.1 Å². The topological polar surface area (TPSA) is 231 Å². The van der Waals surface area contributed by atoms with Crippen LogP contribution < -0.4 is 5.32 Å². The highest BCUT2D eigenvalue weighted by Crippen LogP contribution is 2.64. The summed E-state index contributed by atoms with van der Waals surface area (Å²) in [6.07, 6.45) is -11.8. The summed E-state index contributed by atoms with van der Waals surface area (Å²) in [5.74, 6) is -6.44. The van der Waals surface area contributed by atoms with E-state index in [-0.39, 0.29) is 35.3 Å². The van der Waals surface area contributed by atoms with Crippen LogP contribution >= 0.6 is 0 Å². The van der Waals surface area contributed by atoms with Crippen molar-refractivity contribution in [2.24, 2.45) is 16.7 Å². The summed E-state index contributed by atoms with van der Waals surface area (Å²) >= 11 is 0. The Morgan fingerprint density at radius 3 is 1.89 bits per heavy atom. The molecule has 7 rings (SSSR count). The maximum absolute atomic E-state index is 15.9. The molecule has 4 N–H and O–H groups in total. The fourth-order valence-electron chi connectivity index (χ4n) is 10.4. The molecule has 0 spiro atoms. The van der Waals surface area contributed by atoms with Gasteiger partial charge in [-0.1, -0.05) is 80.6 Å². The molecule has 1 aliphatic heterocycles. The number of benzene rings is 3. The molecule has 3 aromatic rings. The number of fused-ring (bicyclic) bond motifs is 5. The van der Waals surface area contributed by atoms with Gasteiger partial charge in [-0.3, -0.25) is 9.59 Å². The van der Waals surface area contributed by atoms with E-state index in [1.54, 1.807) is 101 Å². The van der Waals surface area contributed by atoms with Crippen molar-refractivity contribution in [1.82, 2.24) is 5.32 Å². The number of ketones is 1. The lowest BCUT2D eigenvalue weighted by Gasteiger charge is -2.67. The molecule has 0 radical (unpaired) electrons. The zero-order valence-corrected chi connectivity index (χ0v) is 38.1. The van der Waals surface area contributed by atoms with Gasteiger partial charge in [0.2, 0.25) is 0 Å². The van der Waals surface area contributed by atoms with Gasteiger partial charge in [-0.15, -0.1) is 0 Å². The van der Waals surface area contributed by atoms with E-state index in [1.807, 2.05) is 0 Å². The Morgan fingerprint density at radius 2 is 1.38 bits per heavy atom. The molecule has 1 saturated heterocycles. The molecule has 3 aromatic carbocycles. The Bertz CT molecular complexity index is 2400. The number of Topliss-reactive ketones (excluding diaryl/α,β-unsaturated/α-hetero) is 1. The molecule has 1 amide bonds. The molecule has 16 heteroatoms. The van der Waals surface area contributed by atoms with Gasteiger partial charge in [0.1, 0.15) is 29.5 Å². The Kier molecular flexibility index (Phi) is 12.9. The molecular weight excluding hydrogens is 855 g/mol. The predicted molar refractivity (Wildman–Crippen MR) is 233 cm³/mol. The van der Waals surface area contributed by atoms with Crippen LogP contribution in [0.3, 0.4) is 0 Å². The quantitative estimate of drug-likeness (QED) is 0.117. The number of carbonyl (C=O) groups excluding carboxylic acids is 6. The Morgan fingerprint density at radius 1 is 0.833 bits per heavy atom. The van der Waals surface area contributed by atoms with Crippen molar-refractivity contribution in [2.75, 3.05) is 6.61 Å². The number of esters is 4. The molecule has 4 aliphatic rings. The summed E-state index contributed by atoms with van der Waals surface area (Å²) in [5, 5.41) is 40.5. The number of nitrogens with one attached hydrogen (secondary N) is 1. The molecule has 16 nitrogen and oxygen atoms in total. The zero-order valence-electron chi connectivity index (χ0n) is 38.1. The number of carbonyl (C=O) groups is 6. The number of aliphatic hydroxyl groups excluding tert-OH is 2. The predicted octanol–water partition coefficient (Wildman–Crippen LogP) is 5.12. The number of hydrogen-bond acceptors (Lipinski definition) is 15. The summed E-state index contributed by atoms with van der Waals surface area (Å²) in [5.41, 5.74) is -8.49. The van der Waals surface area contributed by atoms with Crippen molar-refractivity contribution in [3.8, 4) is 0 Å². The van der Waals surface area contributed by atoms with Gasteiger partial charge in [-0.25, -0.2) is 19.2 Å². The fraction of sp³-hybridized carbons (Fsp3) is 0.480. The summed E-state index contributed by atoms with van der Waals surface area (Å²) in [6.45, 7) is 11.8. The van der Waals surface area contributed by atoms with Crippen LogP contribution in [0.5, 0.6) is 0 Å². The van der Waals surface area contributed by atoms with E-state index in [4.69, 9.17) is 28.4 Å².